The second kappa shape index (κ2) is 7.59. The van der Waals surface area contributed by atoms with Gasteiger partial charge in [-0.3, -0.25) is 4.90 Å². The molecule has 0 N–H and O–H groups in total. The van der Waals surface area contributed by atoms with Crippen molar-refractivity contribution in [2.45, 2.75) is 44.9 Å². The standard InChI is InChI=1S/C17H21BrFNO5/c1-17(2,3)25-16(22)20-9-11(8-13(20)15(21)23-4)24-14-7-10(18)5-6-12(14)19/h5-7,11,13H,8-9H2,1-4H3. The van der Waals surface area contributed by atoms with E-state index in [-0.39, 0.29) is 18.7 Å². The monoisotopic (exact) mass is 417 g/mol. The zero-order valence-corrected chi connectivity index (χ0v) is 16.1. The van der Waals surface area contributed by atoms with Gasteiger partial charge in [0.25, 0.3) is 0 Å². The van der Waals surface area contributed by atoms with Gasteiger partial charge in [0.05, 0.1) is 13.7 Å². The van der Waals surface area contributed by atoms with Crippen LogP contribution in [0, 0.1) is 5.82 Å². The van der Waals surface area contributed by atoms with Crippen LogP contribution >= 0.6 is 15.9 Å². The number of carbonyl (C=O) groups excluding carboxylic acids is 2. The number of hydrogen-bond acceptors (Lipinski definition) is 5. The number of likely N-dealkylation sites (tertiary alicyclic amines) is 1. The number of benzene rings is 1. The highest BCUT2D eigenvalue weighted by Gasteiger charge is 2.43. The van der Waals surface area contributed by atoms with Gasteiger partial charge in [-0.25, -0.2) is 14.0 Å². The molecule has 2 atom stereocenters. The Kier molecular flexibility index (Phi) is 5.92. The van der Waals surface area contributed by atoms with Crippen molar-refractivity contribution in [3.63, 3.8) is 0 Å². The molecule has 1 saturated heterocycles. The Morgan fingerprint density at radius 2 is 2.00 bits per heavy atom. The summed E-state index contributed by atoms with van der Waals surface area (Å²) in [5.41, 5.74) is -0.701. The average Bonchev–Trinajstić information content (AvgIpc) is 2.92. The maximum Gasteiger partial charge on any atom is 0.411 e. The van der Waals surface area contributed by atoms with E-state index in [0.717, 1.165) is 0 Å². The molecule has 1 aromatic carbocycles. The highest BCUT2D eigenvalue weighted by atomic mass is 79.9. The molecule has 8 heteroatoms. The number of methoxy groups -OCH3 is 1. The van der Waals surface area contributed by atoms with Gasteiger partial charge in [0, 0.05) is 10.9 Å². The second-order valence-electron chi connectivity index (χ2n) is 6.72. The molecule has 0 aliphatic carbocycles. The third-order valence-electron chi connectivity index (χ3n) is 3.55. The van der Waals surface area contributed by atoms with Crippen molar-refractivity contribution in [2.24, 2.45) is 0 Å². The van der Waals surface area contributed by atoms with Crippen LogP contribution in [0.5, 0.6) is 5.75 Å². The highest BCUT2D eigenvalue weighted by Crippen LogP contribution is 2.29. The quantitative estimate of drug-likeness (QED) is 0.703. The van der Waals surface area contributed by atoms with E-state index < -0.39 is 35.6 Å². The molecule has 0 radical (unpaired) electrons. The SMILES string of the molecule is COC(=O)C1CC(Oc2cc(Br)ccc2F)CN1C(=O)OC(C)(C)C. The molecule has 1 fully saturated rings. The number of halogens is 2. The van der Waals surface area contributed by atoms with Crippen LogP contribution in [0.1, 0.15) is 27.2 Å². The number of esters is 1. The van der Waals surface area contributed by atoms with Gasteiger partial charge in [-0.15, -0.1) is 0 Å². The maximum atomic E-state index is 13.9. The van der Waals surface area contributed by atoms with Gasteiger partial charge < -0.3 is 14.2 Å². The zero-order valence-electron chi connectivity index (χ0n) is 14.5. The topological polar surface area (TPSA) is 65.1 Å². The van der Waals surface area contributed by atoms with Crippen LogP contribution in [0.4, 0.5) is 9.18 Å². The van der Waals surface area contributed by atoms with Crippen molar-refractivity contribution in [3.05, 3.63) is 28.5 Å². The molecule has 0 saturated carbocycles. The van der Waals surface area contributed by atoms with Gasteiger partial charge in [0.1, 0.15) is 17.7 Å². The molecule has 1 aliphatic heterocycles. The average molecular weight is 418 g/mol. The van der Waals surface area contributed by atoms with Crippen LogP contribution in [-0.2, 0) is 14.3 Å². The molecule has 0 aromatic heterocycles. The van der Waals surface area contributed by atoms with Gasteiger partial charge in [0.15, 0.2) is 11.6 Å². The molecule has 2 unspecified atom stereocenters. The molecular formula is C17H21BrFNO5. The van der Waals surface area contributed by atoms with Crippen molar-refractivity contribution in [1.29, 1.82) is 0 Å². The molecule has 2 rings (SSSR count). The van der Waals surface area contributed by atoms with E-state index in [1.165, 1.54) is 24.1 Å². The first-order valence-corrected chi connectivity index (χ1v) is 8.59. The Balaban J connectivity index is 2.16. The van der Waals surface area contributed by atoms with Gasteiger partial charge >= 0.3 is 12.1 Å². The van der Waals surface area contributed by atoms with Crippen LogP contribution in [0.15, 0.2) is 22.7 Å². The number of nitrogens with zero attached hydrogens (tertiary/aromatic N) is 1. The third kappa shape index (κ3) is 5.07. The van der Waals surface area contributed by atoms with E-state index in [9.17, 15) is 14.0 Å². The van der Waals surface area contributed by atoms with Crippen LogP contribution < -0.4 is 4.74 Å². The Morgan fingerprint density at radius 1 is 1.32 bits per heavy atom. The fraction of sp³-hybridized carbons (Fsp3) is 0.529. The smallest absolute Gasteiger partial charge is 0.411 e. The number of ether oxygens (including phenoxy) is 3. The van der Waals surface area contributed by atoms with Crippen molar-refractivity contribution in [2.75, 3.05) is 13.7 Å². The summed E-state index contributed by atoms with van der Waals surface area (Å²) in [5, 5.41) is 0. The van der Waals surface area contributed by atoms with Crippen LogP contribution in [0.3, 0.4) is 0 Å². The predicted molar refractivity (Wildman–Crippen MR) is 91.9 cm³/mol. The van der Waals surface area contributed by atoms with Crippen LogP contribution in [0.2, 0.25) is 0 Å². The molecule has 138 valence electrons. The van der Waals surface area contributed by atoms with Gasteiger partial charge in [-0.2, -0.15) is 0 Å². The lowest BCUT2D eigenvalue weighted by molar-refractivity contribution is -0.145. The molecule has 6 nitrogen and oxygen atoms in total. The first kappa shape index (κ1) is 19.5. The highest BCUT2D eigenvalue weighted by molar-refractivity contribution is 9.10. The minimum Gasteiger partial charge on any atom is -0.485 e. The first-order valence-electron chi connectivity index (χ1n) is 7.80. The van der Waals surface area contributed by atoms with Crippen LogP contribution in [0.25, 0.3) is 0 Å². The van der Waals surface area contributed by atoms with E-state index in [4.69, 9.17) is 14.2 Å². The van der Waals surface area contributed by atoms with Crippen LogP contribution in [-0.4, -0.2) is 48.4 Å². The van der Waals surface area contributed by atoms with E-state index in [2.05, 4.69) is 15.9 Å². The lowest BCUT2D eigenvalue weighted by Gasteiger charge is -2.27. The Labute approximate surface area is 154 Å². The molecule has 25 heavy (non-hydrogen) atoms. The van der Waals surface area contributed by atoms with Gasteiger partial charge in [-0.05, 0) is 39.0 Å². The van der Waals surface area contributed by atoms with E-state index in [1.54, 1.807) is 26.8 Å². The summed E-state index contributed by atoms with van der Waals surface area (Å²) in [6.45, 7) is 5.30. The lowest BCUT2D eigenvalue weighted by Crippen LogP contribution is -2.44. The molecule has 1 amide bonds. The number of hydrogen-bond donors (Lipinski definition) is 0. The Bertz CT molecular complexity index is 661. The van der Waals surface area contributed by atoms with Gasteiger partial charge in [-0.1, -0.05) is 15.9 Å². The van der Waals surface area contributed by atoms with Crippen molar-refractivity contribution >= 4 is 28.0 Å². The van der Waals surface area contributed by atoms with E-state index >= 15 is 0 Å². The Morgan fingerprint density at radius 3 is 2.60 bits per heavy atom. The fourth-order valence-corrected chi connectivity index (χ4v) is 2.85. The minimum absolute atomic E-state index is 0.0500. The summed E-state index contributed by atoms with van der Waals surface area (Å²) in [5.74, 6) is -1.03. The third-order valence-corrected chi connectivity index (χ3v) is 4.04. The fourth-order valence-electron chi connectivity index (χ4n) is 2.51. The van der Waals surface area contributed by atoms with Crippen molar-refractivity contribution < 1.29 is 28.2 Å². The summed E-state index contributed by atoms with van der Waals surface area (Å²) in [6, 6.07) is 3.50. The largest absolute Gasteiger partial charge is 0.485 e. The Hall–Kier alpha value is -1.83. The summed E-state index contributed by atoms with van der Waals surface area (Å²) < 4.78 is 30.3. The zero-order chi connectivity index (χ0) is 18.8. The van der Waals surface area contributed by atoms with Gasteiger partial charge in [0.2, 0.25) is 0 Å². The lowest BCUT2D eigenvalue weighted by atomic mass is 10.2. The summed E-state index contributed by atoms with van der Waals surface area (Å²) >= 11 is 3.25. The number of carbonyl (C=O) groups is 2. The minimum atomic E-state index is -0.833. The van der Waals surface area contributed by atoms with Crippen molar-refractivity contribution in [3.8, 4) is 5.75 Å². The summed E-state index contributed by atoms with van der Waals surface area (Å²) in [4.78, 5) is 25.6. The molecule has 0 spiro atoms. The second-order valence-corrected chi connectivity index (χ2v) is 7.64. The van der Waals surface area contributed by atoms with E-state index in [0.29, 0.717) is 4.47 Å². The molecule has 1 aliphatic rings. The summed E-state index contributed by atoms with van der Waals surface area (Å²) in [7, 11) is 1.25. The molecule has 1 heterocycles. The molecule has 1 aromatic rings. The molecule has 0 bridgehead atoms. The van der Waals surface area contributed by atoms with E-state index in [1.807, 2.05) is 0 Å². The number of amides is 1. The first-order chi connectivity index (χ1) is 11.6. The normalized spacial score (nSPS) is 20.3. The predicted octanol–water partition coefficient (Wildman–Crippen LogP) is 3.52. The van der Waals surface area contributed by atoms with Crippen molar-refractivity contribution in [1.82, 2.24) is 4.90 Å². The maximum absolute atomic E-state index is 13.9. The number of rotatable bonds is 3. The summed E-state index contributed by atoms with van der Waals surface area (Å²) in [6.07, 6.45) is -0.998. The molecular weight excluding hydrogens is 397 g/mol.